The number of hydrogen-bond acceptors (Lipinski definition) is 2. The SMILES string of the molecule is CC1COC(CCl)CN1C(=O)c1ccc(Cl)cc1. The van der Waals surface area contributed by atoms with Crippen molar-refractivity contribution in [2.75, 3.05) is 19.0 Å². The van der Waals surface area contributed by atoms with E-state index in [0.29, 0.717) is 29.6 Å². The van der Waals surface area contributed by atoms with Gasteiger partial charge in [-0.3, -0.25) is 4.79 Å². The minimum absolute atomic E-state index is 0.00224. The molecule has 0 spiro atoms. The number of rotatable bonds is 2. The van der Waals surface area contributed by atoms with Gasteiger partial charge in [0.1, 0.15) is 0 Å². The van der Waals surface area contributed by atoms with Gasteiger partial charge in [-0.25, -0.2) is 0 Å². The van der Waals surface area contributed by atoms with Crippen molar-refractivity contribution in [3.05, 3.63) is 34.9 Å². The lowest BCUT2D eigenvalue weighted by molar-refractivity contribution is -0.0371. The van der Waals surface area contributed by atoms with Crippen LogP contribution in [0.1, 0.15) is 17.3 Å². The lowest BCUT2D eigenvalue weighted by Crippen LogP contribution is -2.51. The summed E-state index contributed by atoms with van der Waals surface area (Å²) in [7, 11) is 0. The molecule has 2 unspecified atom stereocenters. The molecule has 0 radical (unpaired) electrons. The molecule has 0 N–H and O–H groups in total. The predicted molar refractivity (Wildman–Crippen MR) is 72.4 cm³/mol. The van der Waals surface area contributed by atoms with Crippen LogP contribution >= 0.6 is 23.2 Å². The first-order valence-corrected chi connectivity index (χ1v) is 6.77. The Bertz CT molecular complexity index is 422. The molecule has 1 aromatic carbocycles. The quantitative estimate of drug-likeness (QED) is 0.783. The highest BCUT2D eigenvalue weighted by Crippen LogP contribution is 2.17. The highest BCUT2D eigenvalue weighted by atomic mass is 35.5. The maximum atomic E-state index is 12.4. The van der Waals surface area contributed by atoms with Gasteiger partial charge in [-0.05, 0) is 31.2 Å². The van der Waals surface area contributed by atoms with Crippen LogP contribution in [0.25, 0.3) is 0 Å². The van der Waals surface area contributed by atoms with Gasteiger partial charge >= 0.3 is 0 Å². The molecule has 1 aliphatic rings. The summed E-state index contributed by atoms with van der Waals surface area (Å²) in [6, 6.07) is 6.98. The first kappa shape index (κ1) is 13.7. The van der Waals surface area contributed by atoms with E-state index >= 15 is 0 Å². The van der Waals surface area contributed by atoms with E-state index in [2.05, 4.69) is 0 Å². The van der Waals surface area contributed by atoms with Gasteiger partial charge in [-0.15, -0.1) is 11.6 Å². The van der Waals surface area contributed by atoms with Crippen LogP contribution in [0.15, 0.2) is 24.3 Å². The van der Waals surface area contributed by atoms with Gasteiger partial charge in [0.2, 0.25) is 0 Å². The highest BCUT2D eigenvalue weighted by molar-refractivity contribution is 6.30. The van der Waals surface area contributed by atoms with Crippen LogP contribution in [-0.2, 0) is 4.74 Å². The molecular formula is C13H15Cl2NO2. The largest absolute Gasteiger partial charge is 0.373 e. The number of benzene rings is 1. The summed E-state index contributed by atoms with van der Waals surface area (Å²) >= 11 is 11.6. The Morgan fingerprint density at radius 1 is 1.44 bits per heavy atom. The second kappa shape index (κ2) is 5.91. The number of alkyl halides is 1. The maximum Gasteiger partial charge on any atom is 0.254 e. The number of amides is 1. The Hall–Kier alpha value is -0.770. The number of carbonyl (C=O) groups is 1. The van der Waals surface area contributed by atoms with E-state index in [9.17, 15) is 4.79 Å². The number of halogens is 2. The molecule has 18 heavy (non-hydrogen) atoms. The van der Waals surface area contributed by atoms with Gasteiger partial charge in [-0.1, -0.05) is 11.6 Å². The molecule has 1 fully saturated rings. The van der Waals surface area contributed by atoms with E-state index in [-0.39, 0.29) is 18.1 Å². The van der Waals surface area contributed by atoms with E-state index < -0.39 is 0 Å². The zero-order chi connectivity index (χ0) is 13.1. The average molecular weight is 288 g/mol. The lowest BCUT2D eigenvalue weighted by atomic mass is 10.1. The fraction of sp³-hybridized carbons (Fsp3) is 0.462. The maximum absolute atomic E-state index is 12.4. The monoisotopic (exact) mass is 287 g/mol. The van der Waals surface area contributed by atoms with Crippen molar-refractivity contribution < 1.29 is 9.53 Å². The fourth-order valence-electron chi connectivity index (χ4n) is 1.95. The second-order valence-electron chi connectivity index (χ2n) is 4.42. The summed E-state index contributed by atoms with van der Waals surface area (Å²) in [6.45, 7) is 3.03. The second-order valence-corrected chi connectivity index (χ2v) is 5.17. The molecule has 3 nitrogen and oxygen atoms in total. The van der Waals surface area contributed by atoms with Crippen LogP contribution in [0, 0.1) is 0 Å². The zero-order valence-corrected chi connectivity index (χ0v) is 11.6. The van der Waals surface area contributed by atoms with Crippen LogP contribution in [0.4, 0.5) is 0 Å². The molecule has 0 bridgehead atoms. The molecule has 5 heteroatoms. The zero-order valence-electron chi connectivity index (χ0n) is 10.1. The lowest BCUT2D eigenvalue weighted by Gasteiger charge is -2.37. The van der Waals surface area contributed by atoms with Gasteiger partial charge in [0.05, 0.1) is 24.6 Å². The summed E-state index contributed by atoms with van der Waals surface area (Å²) in [5.41, 5.74) is 0.640. The van der Waals surface area contributed by atoms with Crippen molar-refractivity contribution in [3.63, 3.8) is 0 Å². The first-order chi connectivity index (χ1) is 8.61. The molecule has 0 aromatic heterocycles. The number of carbonyl (C=O) groups excluding carboxylic acids is 1. The van der Waals surface area contributed by atoms with E-state index in [1.165, 1.54) is 0 Å². The molecule has 1 amide bonds. The minimum Gasteiger partial charge on any atom is -0.373 e. The predicted octanol–water partition coefficient (Wildman–Crippen LogP) is 2.81. The number of nitrogens with zero attached hydrogens (tertiary/aromatic N) is 1. The molecule has 1 saturated heterocycles. The third kappa shape index (κ3) is 2.97. The molecule has 2 rings (SSSR count). The fourth-order valence-corrected chi connectivity index (χ4v) is 2.26. The van der Waals surface area contributed by atoms with Gasteiger partial charge in [0.25, 0.3) is 5.91 Å². The van der Waals surface area contributed by atoms with Crippen LogP contribution < -0.4 is 0 Å². The first-order valence-electron chi connectivity index (χ1n) is 5.86. The van der Waals surface area contributed by atoms with Gasteiger partial charge in [0, 0.05) is 17.1 Å². The number of morpholine rings is 1. The molecule has 1 aromatic rings. The van der Waals surface area contributed by atoms with Crippen LogP contribution in [-0.4, -0.2) is 42.0 Å². The molecule has 98 valence electrons. The van der Waals surface area contributed by atoms with E-state index in [1.54, 1.807) is 29.2 Å². The summed E-state index contributed by atoms with van der Waals surface area (Å²) in [6.07, 6.45) is -0.0842. The minimum atomic E-state index is -0.0842. The van der Waals surface area contributed by atoms with Gasteiger partial charge in [-0.2, -0.15) is 0 Å². The number of hydrogen-bond donors (Lipinski definition) is 0. The van der Waals surface area contributed by atoms with E-state index in [1.807, 2.05) is 6.92 Å². The van der Waals surface area contributed by atoms with Crippen molar-refractivity contribution in [2.24, 2.45) is 0 Å². The number of ether oxygens (including phenoxy) is 1. The van der Waals surface area contributed by atoms with Gasteiger partial charge in [0.15, 0.2) is 0 Å². The Morgan fingerprint density at radius 3 is 2.72 bits per heavy atom. The summed E-state index contributed by atoms with van der Waals surface area (Å²) < 4.78 is 5.53. The Balaban J connectivity index is 2.13. The van der Waals surface area contributed by atoms with E-state index in [4.69, 9.17) is 27.9 Å². The van der Waals surface area contributed by atoms with Crippen LogP contribution in [0.5, 0.6) is 0 Å². The molecule has 2 atom stereocenters. The van der Waals surface area contributed by atoms with Crippen molar-refractivity contribution in [1.29, 1.82) is 0 Å². The van der Waals surface area contributed by atoms with Gasteiger partial charge < -0.3 is 9.64 Å². The average Bonchev–Trinajstić information content (AvgIpc) is 2.39. The molecule has 0 aliphatic carbocycles. The Labute approximate surface area is 117 Å². The third-order valence-electron chi connectivity index (χ3n) is 3.03. The third-order valence-corrected chi connectivity index (χ3v) is 3.63. The normalized spacial score (nSPS) is 24.1. The highest BCUT2D eigenvalue weighted by Gasteiger charge is 2.29. The smallest absolute Gasteiger partial charge is 0.254 e. The summed E-state index contributed by atoms with van der Waals surface area (Å²) in [5, 5.41) is 0.625. The molecule has 1 aliphatic heterocycles. The van der Waals surface area contributed by atoms with Crippen LogP contribution in [0.2, 0.25) is 5.02 Å². The summed E-state index contributed by atoms with van der Waals surface area (Å²) in [4.78, 5) is 14.2. The molecule has 0 saturated carbocycles. The summed E-state index contributed by atoms with van der Waals surface area (Å²) in [5.74, 6) is 0.398. The molecular weight excluding hydrogens is 273 g/mol. The standard InChI is InChI=1S/C13H15Cl2NO2/c1-9-8-18-12(6-14)7-16(9)13(17)10-2-4-11(15)5-3-10/h2-5,9,12H,6-8H2,1H3. The van der Waals surface area contributed by atoms with Crippen molar-refractivity contribution >= 4 is 29.1 Å². The van der Waals surface area contributed by atoms with Crippen LogP contribution in [0.3, 0.4) is 0 Å². The van der Waals surface area contributed by atoms with E-state index in [0.717, 1.165) is 0 Å². The Kier molecular flexibility index (Phi) is 4.49. The van der Waals surface area contributed by atoms with Crippen molar-refractivity contribution in [2.45, 2.75) is 19.1 Å². The Morgan fingerprint density at radius 2 is 2.11 bits per heavy atom. The topological polar surface area (TPSA) is 29.5 Å². The van der Waals surface area contributed by atoms with Crippen molar-refractivity contribution in [3.8, 4) is 0 Å². The molecule has 1 heterocycles. The van der Waals surface area contributed by atoms with Crippen molar-refractivity contribution in [1.82, 2.24) is 4.90 Å².